The van der Waals surface area contributed by atoms with Crippen LogP contribution in [-0.4, -0.2) is 11.7 Å². The van der Waals surface area contributed by atoms with Crippen LogP contribution < -0.4 is 5.32 Å². The number of hydrogen-bond acceptors (Lipinski definition) is 2. The van der Waals surface area contributed by atoms with Gasteiger partial charge in [0.15, 0.2) is 0 Å². The highest BCUT2D eigenvalue weighted by Crippen LogP contribution is 2.29. The maximum atomic E-state index is 11.8. The normalized spacial score (nSPS) is 10.4. The summed E-state index contributed by atoms with van der Waals surface area (Å²) < 4.78 is 0. The van der Waals surface area contributed by atoms with Gasteiger partial charge in [0.25, 0.3) is 0 Å². The molecule has 0 fully saturated rings. The van der Waals surface area contributed by atoms with Crippen molar-refractivity contribution in [2.45, 2.75) is 11.4 Å². The van der Waals surface area contributed by atoms with Gasteiger partial charge in [0.05, 0.1) is 10.8 Å². The van der Waals surface area contributed by atoms with Gasteiger partial charge in [-0.3, -0.25) is 4.79 Å². The van der Waals surface area contributed by atoms with Crippen molar-refractivity contribution in [3.63, 3.8) is 0 Å². The summed E-state index contributed by atoms with van der Waals surface area (Å²) in [5, 5.41) is 4.71. The molecule has 0 saturated heterocycles. The summed E-state index contributed by atoms with van der Waals surface area (Å²) in [6.45, 7) is 0.472. The summed E-state index contributed by atoms with van der Waals surface area (Å²) in [4.78, 5) is 12.6. The smallest absolute Gasteiger partial charge is 0.230 e. The van der Waals surface area contributed by atoms with Crippen molar-refractivity contribution >= 4 is 52.5 Å². The molecule has 0 saturated carbocycles. The topological polar surface area (TPSA) is 29.1 Å². The summed E-state index contributed by atoms with van der Waals surface area (Å²) in [6, 6.07) is 12.5. The Morgan fingerprint density at radius 1 is 1.00 bits per heavy atom. The molecule has 0 aliphatic heterocycles. The van der Waals surface area contributed by atoms with E-state index in [-0.39, 0.29) is 11.7 Å². The zero-order valence-electron chi connectivity index (χ0n) is 10.9. The van der Waals surface area contributed by atoms with E-state index in [0.717, 1.165) is 10.5 Å². The van der Waals surface area contributed by atoms with E-state index in [1.807, 2.05) is 12.1 Å². The number of hydrogen-bond donors (Lipinski definition) is 1. The first kappa shape index (κ1) is 16.5. The lowest BCUT2D eigenvalue weighted by atomic mass is 10.2. The van der Waals surface area contributed by atoms with Gasteiger partial charge in [-0.25, -0.2) is 0 Å². The molecule has 1 N–H and O–H groups in total. The highest BCUT2D eigenvalue weighted by molar-refractivity contribution is 8.00. The van der Waals surface area contributed by atoms with Crippen LogP contribution in [0.15, 0.2) is 47.4 Å². The fourth-order valence-electron chi connectivity index (χ4n) is 1.59. The minimum absolute atomic E-state index is 0.0639. The molecular formula is C15H12Cl3NOS. The Morgan fingerprint density at radius 3 is 2.38 bits per heavy atom. The van der Waals surface area contributed by atoms with Crippen LogP contribution in [0.2, 0.25) is 15.1 Å². The predicted molar refractivity (Wildman–Crippen MR) is 90.5 cm³/mol. The highest BCUT2D eigenvalue weighted by atomic mass is 35.5. The maximum Gasteiger partial charge on any atom is 0.230 e. The first-order valence-electron chi connectivity index (χ1n) is 6.13. The minimum Gasteiger partial charge on any atom is -0.351 e. The van der Waals surface area contributed by atoms with Crippen molar-refractivity contribution in [1.29, 1.82) is 0 Å². The van der Waals surface area contributed by atoms with Gasteiger partial charge in [-0.1, -0.05) is 46.9 Å². The molecule has 0 aromatic heterocycles. The van der Waals surface area contributed by atoms with E-state index in [4.69, 9.17) is 34.8 Å². The van der Waals surface area contributed by atoms with Crippen molar-refractivity contribution < 1.29 is 4.79 Å². The number of carbonyl (C=O) groups excluding carboxylic acids is 1. The van der Waals surface area contributed by atoms with Gasteiger partial charge < -0.3 is 5.32 Å². The Morgan fingerprint density at radius 2 is 1.67 bits per heavy atom. The largest absolute Gasteiger partial charge is 0.351 e. The zero-order valence-corrected chi connectivity index (χ0v) is 14.0. The molecule has 0 spiro atoms. The standard InChI is InChI=1S/C15H12Cl3NOS/c16-11-3-1-10(2-4-11)8-19-15(20)9-21-14-7-12(17)5-6-13(14)18/h1-7H,8-9H2,(H,19,20). The minimum atomic E-state index is -0.0639. The molecule has 0 atom stereocenters. The van der Waals surface area contributed by atoms with Gasteiger partial charge in [-0.2, -0.15) is 0 Å². The summed E-state index contributed by atoms with van der Waals surface area (Å²) in [5.74, 6) is 0.221. The third kappa shape index (κ3) is 5.44. The van der Waals surface area contributed by atoms with E-state index in [1.54, 1.807) is 30.3 Å². The number of halogens is 3. The number of amides is 1. The third-order valence-electron chi connectivity index (χ3n) is 2.65. The second-order valence-electron chi connectivity index (χ2n) is 4.27. The fraction of sp³-hybridized carbons (Fsp3) is 0.133. The summed E-state index contributed by atoms with van der Waals surface area (Å²) in [7, 11) is 0. The lowest BCUT2D eigenvalue weighted by molar-refractivity contribution is -0.118. The van der Waals surface area contributed by atoms with Crippen molar-refractivity contribution in [1.82, 2.24) is 5.32 Å². The van der Waals surface area contributed by atoms with Crippen LogP contribution in [-0.2, 0) is 11.3 Å². The van der Waals surface area contributed by atoms with E-state index in [2.05, 4.69) is 5.32 Å². The molecule has 2 aromatic rings. The van der Waals surface area contributed by atoms with Gasteiger partial charge in [-0.05, 0) is 35.9 Å². The number of carbonyl (C=O) groups is 1. The second kappa shape index (κ2) is 7.95. The van der Waals surface area contributed by atoms with Gasteiger partial charge in [0.2, 0.25) is 5.91 Å². The van der Waals surface area contributed by atoms with Crippen LogP contribution in [0.25, 0.3) is 0 Å². The Balaban J connectivity index is 1.82. The third-order valence-corrected chi connectivity index (χ3v) is 4.64. The molecule has 0 aliphatic rings. The first-order chi connectivity index (χ1) is 10.0. The Labute approximate surface area is 142 Å². The monoisotopic (exact) mass is 359 g/mol. The van der Waals surface area contributed by atoms with E-state index < -0.39 is 0 Å². The first-order valence-corrected chi connectivity index (χ1v) is 8.25. The molecule has 0 bridgehead atoms. The van der Waals surface area contributed by atoms with Crippen LogP contribution in [0.1, 0.15) is 5.56 Å². The Kier molecular flexibility index (Phi) is 6.24. The molecule has 2 rings (SSSR count). The van der Waals surface area contributed by atoms with Gasteiger partial charge in [-0.15, -0.1) is 11.8 Å². The average Bonchev–Trinajstić information content (AvgIpc) is 2.47. The van der Waals surface area contributed by atoms with Crippen LogP contribution in [0, 0.1) is 0 Å². The number of nitrogens with one attached hydrogen (secondary N) is 1. The zero-order chi connectivity index (χ0) is 15.2. The molecule has 0 aliphatic carbocycles. The molecule has 2 nitrogen and oxygen atoms in total. The molecular weight excluding hydrogens is 349 g/mol. The average molecular weight is 361 g/mol. The van der Waals surface area contributed by atoms with E-state index in [0.29, 0.717) is 21.6 Å². The molecule has 110 valence electrons. The molecule has 0 radical (unpaired) electrons. The van der Waals surface area contributed by atoms with Gasteiger partial charge in [0, 0.05) is 21.5 Å². The van der Waals surface area contributed by atoms with Gasteiger partial charge >= 0.3 is 0 Å². The maximum absolute atomic E-state index is 11.8. The van der Waals surface area contributed by atoms with Crippen molar-refractivity contribution in [2.75, 3.05) is 5.75 Å². The van der Waals surface area contributed by atoms with Crippen molar-refractivity contribution in [2.24, 2.45) is 0 Å². The SMILES string of the molecule is O=C(CSc1cc(Cl)ccc1Cl)NCc1ccc(Cl)cc1. The number of thioether (sulfide) groups is 1. The molecule has 6 heteroatoms. The van der Waals surface area contributed by atoms with Crippen LogP contribution in [0.4, 0.5) is 0 Å². The summed E-state index contributed by atoms with van der Waals surface area (Å²) in [5.41, 5.74) is 0.999. The van der Waals surface area contributed by atoms with Crippen molar-refractivity contribution in [3.8, 4) is 0 Å². The molecule has 1 amide bonds. The number of benzene rings is 2. The van der Waals surface area contributed by atoms with Gasteiger partial charge in [0.1, 0.15) is 0 Å². The molecule has 2 aromatic carbocycles. The number of rotatable bonds is 5. The predicted octanol–water partition coefficient (Wildman–Crippen LogP) is 5.06. The Bertz CT molecular complexity index is 631. The highest BCUT2D eigenvalue weighted by Gasteiger charge is 2.06. The van der Waals surface area contributed by atoms with E-state index >= 15 is 0 Å². The summed E-state index contributed by atoms with van der Waals surface area (Å²) in [6.07, 6.45) is 0. The van der Waals surface area contributed by atoms with Crippen LogP contribution in [0.5, 0.6) is 0 Å². The van der Waals surface area contributed by atoms with E-state index in [1.165, 1.54) is 11.8 Å². The quantitative estimate of drug-likeness (QED) is 0.755. The van der Waals surface area contributed by atoms with Crippen LogP contribution in [0.3, 0.4) is 0 Å². The fourth-order valence-corrected chi connectivity index (χ4v) is 3.03. The lowest BCUT2D eigenvalue weighted by Crippen LogP contribution is -2.24. The molecule has 21 heavy (non-hydrogen) atoms. The van der Waals surface area contributed by atoms with Crippen LogP contribution >= 0.6 is 46.6 Å². The Hall–Kier alpha value is -0.870. The molecule has 0 heterocycles. The van der Waals surface area contributed by atoms with E-state index in [9.17, 15) is 4.79 Å². The van der Waals surface area contributed by atoms with Crippen molar-refractivity contribution in [3.05, 3.63) is 63.1 Å². The lowest BCUT2D eigenvalue weighted by Gasteiger charge is -2.07. The second-order valence-corrected chi connectivity index (χ2v) is 6.56. The molecule has 0 unspecified atom stereocenters. The summed E-state index contributed by atoms with van der Waals surface area (Å²) >= 11 is 19.1.